The van der Waals surface area contributed by atoms with Gasteiger partial charge in [0, 0.05) is 11.8 Å². The van der Waals surface area contributed by atoms with Crippen LogP contribution in [0.5, 0.6) is 11.5 Å². The predicted molar refractivity (Wildman–Crippen MR) is 90.4 cm³/mol. The van der Waals surface area contributed by atoms with Gasteiger partial charge in [-0.1, -0.05) is 23.7 Å². The zero-order valence-corrected chi connectivity index (χ0v) is 13.1. The number of benzene rings is 2. The average Bonchev–Trinajstić information content (AvgIpc) is 3.05. The summed E-state index contributed by atoms with van der Waals surface area (Å²) in [5.41, 5.74) is 1.52. The van der Waals surface area contributed by atoms with E-state index in [1.165, 1.54) is 6.20 Å². The molecule has 0 radical (unpaired) electrons. The van der Waals surface area contributed by atoms with Crippen LogP contribution in [-0.4, -0.2) is 22.0 Å². The third-order valence-corrected chi connectivity index (χ3v) is 3.65. The number of fused-ring (bicyclic) bond motifs is 1. The number of hydrogen-bond donors (Lipinski definition) is 2. The minimum atomic E-state index is 0.236. The van der Waals surface area contributed by atoms with E-state index in [1.54, 1.807) is 6.07 Å². The molecular weight excluding hydrogens is 330 g/mol. The van der Waals surface area contributed by atoms with Crippen LogP contribution in [-0.2, 0) is 0 Å². The number of halogens is 1. The number of para-hydroxylation sites is 1. The Balaban J connectivity index is 1.53. The fraction of sp³-hybridized carbons (Fsp3) is 0.0625. The second-order valence-corrected chi connectivity index (χ2v) is 5.37. The average molecular weight is 342 g/mol. The summed E-state index contributed by atoms with van der Waals surface area (Å²) >= 11 is 6.12. The number of hydrogen-bond acceptors (Lipinski definition) is 7. The molecule has 8 heteroatoms. The molecule has 0 saturated heterocycles. The first-order chi connectivity index (χ1) is 11.8. The van der Waals surface area contributed by atoms with Gasteiger partial charge in [0.1, 0.15) is 0 Å². The zero-order valence-electron chi connectivity index (χ0n) is 12.4. The van der Waals surface area contributed by atoms with Crippen LogP contribution >= 0.6 is 11.6 Å². The maximum absolute atomic E-state index is 6.12. The van der Waals surface area contributed by atoms with E-state index in [2.05, 4.69) is 25.8 Å². The maximum Gasteiger partial charge on any atom is 0.249 e. The van der Waals surface area contributed by atoms with Crippen molar-refractivity contribution in [2.75, 3.05) is 17.4 Å². The number of anilines is 4. The Morgan fingerprint density at radius 3 is 2.79 bits per heavy atom. The molecule has 0 saturated carbocycles. The molecule has 0 fully saturated rings. The Labute approximate surface area is 142 Å². The van der Waals surface area contributed by atoms with Crippen molar-refractivity contribution in [2.45, 2.75) is 0 Å². The Hall–Kier alpha value is -3.06. The van der Waals surface area contributed by atoms with Crippen LogP contribution in [0.15, 0.2) is 48.7 Å². The van der Waals surface area contributed by atoms with E-state index >= 15 is 0 Å². The standard InChI is InChI=1S/C16H12ClN5O2/c17-11-3-1-2-4-12(11)20-16-21-15(8-18-22-16)19-10-5-6-13-14(7-10)24-9-23-13/h1-8H,9H2,(H2,19,20,21,22). The van der Waals surface area contributed by atoms with Gasteiger partial charge in [-0.15, -0.1) is 5.10 Å². The molecule has 0 amide bonds. The molecule has 4 rings (SSSR count). The molecular formula is C16H12ClN5O2. The summed E-state index contributed by atoms with van der Waals surface area (Å²) < 4.78 is 10.6. The van der Waals surface area contributed by atoms with E-state index in [9.17, 15) is 0 Å². The monoisotopic (exact) mass is 341 g/mol. The lowest BCUT2D eigenvalue weighted by Gasteiger charge is -2.09. The third-order valence-electron chi connectivity index (χ3n) is 3.32. The summed E-state index contributed by atoms with van der Waals surface area (Å²) in [4.78, 5) is 4.37. The molecule has 2 N–H and O–H groups in total. The molecule has 0 atom stereocenters. The largest absolute Gasteiger partial charge is 0.454 e. The molecule has 3 aromatic rings. The molecule has 24 heavy (non-hydrogen) atoms. The molecule has 1 aliphatic heterocycles. The van der Waals surface area contributed by atoms with Gasteiger partial charge in [-0.05, 0) is 24.3 Å². The first-order valence-electron chi connectivity index (χ1n) is 7.16. The molecule has 2 aromatic carbocycles. The lowest BCUT2D eigenvalue weighted by molar-refractivity contribution is 0.174. The van der Waals surface area contributed by atoms with Crippen molar-refractivity contribution in [2.24, 2.45) is 0 Å². The SMILES string of the molecule is Clc1ccccc1Nc1nncc(Nc2ccc3c(c2)OCO3)n1. The lowest BCUT2D eigenvalue weighted by Crippen LogP contribution is -2.02. The Bertz CT molecular complexity index is 890. The van der Waals surface area contributed by atoms with Crippen LogP contribution in [0.1, 0.15) is 0 Å². The highest BCUT2D eigenvalue weighted by Gasteiger charge is 2.13. The van der Waals surface area contributed by atoms with Crippen LogP contribution in [0.4, 0.5) is 23.1 Å². The molecule has 1 aliphatic rings. The van der Waals surface area contributed by atoms with Crippen LogP contribution < -0.4 is 20.1 Å². The van der Waals surface area contributed by atoms with E-state index in [0.29, 0.717) is 28.2 Å². The summed E-state index contributed by atoms with van der Waals surface area (Å²) in [6.07, 6.45) is 1.53. The van der Waals surface area contributed by atoms with Gasteiger partial charge in [-0.25, -0.2) is 0 Å². The summed E-state index contributed by atoms with van der Waals surface area (Å²) in [5.74, 6) is 2.30. The smallest absolute Gasteiger partial charge is 0.249 e. The van der Waals surface area contributed by atoms with Gasteiger partial charge in [0.2, 0.25) is 12.7 Å². The Kier molecular flexibility index (Phi) is 3.76. The number of aromatic nitrogens is 3. The summed E-state index contributed by atoms with van der Waals surface area (Å²) in [6.45, 7) is 0.236. The number of nitrogens with one attached hydrogen (secondary N) is 2. The summed E-state index contributed by atoms with van der Waals surface area (Å²) in [7, 11) is 0. The van der Waals surface area contributed by atoms with E-state index in [0.717, 1.165) is 11.4 Å². The third kappa shape index (κ3) is 3.02. The minimum absolute atomic E-state index is 0.236. The highest BCUT2D eigenvalue weighted by molar-refractivity contribution is 6.33. The first kappa shape index (κ1) is 14.5. The van der Waals surface area contributed by atoms with Gasteiger partial charge in [0.05, 0.1) is 16.9 Å². The van der Waals surface area contributed by atoms with Gasteiger partial charge < -0.3 is 20.1 Å². The molecule has 0 unspecified atom stereocenters. The quantitative estimate of drug-likeness (QED) is 0.748. The van der Waals surface area contributed by atoms with Crippen molar-refractivity contribution in [3.05, 3.63) is 53.7 Å². The molecule has 1 aromatic heterocycles. The fourth-order valence-corrected chi connectivity index (χ4v) is 2.40. The highest BCUT2D eigenvalue weighted by atomic mass is 35.5. The second kappa shape index (κ2) is 6.21. The van der Waals surface area contributed by atoms with Crippen molar-refractivity contribution in [1.82, 2.24) is 15.2 Å². The topological polar surface area (TPSA) is 81.2 Å². The van der Waals surface area contributed by atoms with Gasteiger partial charge >= 0.3 is 0 Å². The molecule has 7 nitrogen and oxygen atoms in total. The lowest BCUT2D eigenvalue weighted by atomic mass is 10.3. The van der Waals surface area contributed by atoms with Crippen molar-refractivity contribution in [3.8, 4) is 11.5 Å². The van der Waals surface area contributed by atoms with Gasteiger partial charge in [0.15, 0.2) is 17.3 Å². The van der Waals surface area contributed by atoms with Crippen LogP contribution in [0.3, 0.4) is 0 Å². The van der Waals surface area contributed by atoms with Crippen molar-refractivity contribution >= 4 is 34.7 Å². The van der Waals surface area contributed by atoms with Crippen molar-refractivity contribution in [1.29, 1.82) is 0 Å². The molecule has 2 heterocycles. The number of nitrogens with zero attached hydrogens (tertiary/aromatic N) is 3. The van der Waals surface area contributed by atoms with Crippen LogP contribution in [0.2, 0.25) is 5.02 Å². The van der Waals surface area contributed by atoms with E-state index in [4.69, 9.17) is 21.1 Å². The molecule has 120 valence electrons. The maximum atomic E-state index is 6.12. The van der Waals surface area contributed by atoms with E-state index < -0.39 is 0 Å². The van der Waals surface area contributed by atoms with Crippen LogP contribution in [0, 0.1) is 0 Å². The molecule has 0 bridgehead atoms. The summed E-state index contributed by atoms with van der Waals surface area (Å²) in [6, 6.07) is 12.9. The minimum Gasteiger partial charge on any atom is -0.454 e. The van der Waals surface area contributed by atoms with Crippen molar-refractivity contribution < 1.29 is 9.47 Å². The van der Waals surface area contributed by atoms with Gasteiger partial charge in [-0.2, -0.15) is 10.1 Å². The number of ether oxygens (including phenoxy) is 2. The highest BCUT2D eigenvalue weighted by Crippen LogP contribution is 2.35. The Morgan fingerprint density at radius 1 is 1.00 bits per heavy atom. The van der Waals surface area contributed by atoms with Crippen molar-refractivity contribution in [3.63, 3.8) is 0 Å². The summed E-state index contributed by atoms with van der Waals surface area (Å²) in [5, 5.41) is 14.7. The molecule has 0 aliphatic carbocycles. The van der Waals surface area contributed by atoms with E-state index in [-0.39, 0.29) is 6.79 Å². The van der Waals surface area contributed by atoms with Gasteiger partial charge in [0.25, 0.3) is 0 Å². The second-order valence-electron chi connectivity index (χ2n) is 4.96. The van der Waals surface area contributed by atoms with Gasteiger partial charge in [-0.3, -0.25) is 0 Å². The predicted octanol–water partition coefficient (Wildman–Crippen LogP) is 3.74. The number of rotatable bonds is 4. The Morgan fingerprint density at radius 2 is 1.88 bits per heavy atom. The molecule has 0 spiro atoms. The van der Waals surface area contributed by atoms with Crippen LogP contribution in [0.25, 0.3) is 0 Å². The van der Waals surface area contributed by atoms with E-state index in [1.807, 2.05) is 36.4 Å². The first-order valence-corrected chi connectivity index (χ1v) is 7.54. The fourth-order valence-electron chi connectivity index (χ4n) is 2.22. The normalized spacial score (nSPS) is 12.0. The zero-order chi connectivity index (χ0) is 16.4.